The van der Waals surface area contributed by atoms with Crippen LogP contribution in [0.25, 0.3) is 0 Å². The lowest BCUT2D eigenvalue weighted by atomic mass is 10.1. The Hall–Kier alpha value is -0.900. The number of hydrogen-bond acceptors (Lipinski definition) is 3. The van der Waals surface area contributed by atoms with Gasteiger partial charge in [0.25, 0.3) is 0 Å². The molecule has 0 spiro atoms. The highest BCUT2D eigenvalue weighted by atomic mass is 16.5. The number of hydrogen-bond donors (Lipinski definition) is 1. The fraction of sp³-hybridized carbons (Fsp3) is 0.571. The monoisotopic (exact) mass is 234 g/mol. The first kappa shape index (κ1) is 12.6. The maximum Gasteiger partial charge on any atom is 0.0824 e. The van der Waals surface area contributed by atoms with Crippen LogP contribution in [0.2, 0.25) is 0 Å². The van der Waals surface area contributed by atoms with Gasteiger partial charge in [0.15, 0.2) is 0 Å². The molecule has 0 aliphatic carbocycles. The number of rotatable bonds is 3. The van der Waals surface area contributed by atoms with Crippen molar-refractivity contribution >= 4 is 0 Å². The van der Waals surface area contributed by atoms with Crippen molar-refractivity contribution in [3.05, 3.63) is 35.4 Å². The van der Waals surface area contributed by atoms with Gasteiger partial charge in [0.05, 0.1) is 12.7 Å². The Bertz CT molecular complexity index is 367. The lowest BCUT2D eigenvalue weighted by molar-refractivity contribution is -0.0567. The maximum absolute atomic E-state index is 5.68. The largest absolute Gasteiger partial charge is 0.374 e. The summed E-state index contributed by atoms with van der Waals surface area (Å²) in [7, 11) is 0. The van der Waals surface area contributed by atoms with E-state index in [0.717, 1.165) is 19.7 Å². The molecular formula is C14H22N2O. The number of benzene rings is 1. The normalized spacial score (nSPS) is 26.1. The summed E-state index contributed by atoms with van der Waals surface area (Å²) >= 11 is 0. The van der Waals surface area contributed by atoms with Gasteiger partial charge in [-0.1, -0.05) is 24.3 Å². The number of nitrogens with zero attached hydrogens (tertiary/aromatic N) is 1. The van der Waals surface area contributed by atoms with Crippen molar-refractivity contribution in [1.82, 2.24) is 4.90 Å². The molecule has 0 aromatic heterocycles. The maximum atomic E-state index is 5.68. The Morgan fingerprint density at radius 1 is 1.41 bits per heavy atom. The minimum atomic E-state index is 0.190. The Balaban J connectivity index is 2.04. The molecule has 1 fully saturated rings. The molecule has 2 N–H and O–H groups in total. The zero-order chi connectivity index (χ0) is 12.3. The molecule has 1 aliphatic heterocycles. The Morgan fingerprint density at radius 3 is 2.88 bits per heavy atom. The minimum absolute atomic E-state index is 0.190. The fourth-order valence-corrected chi connectivity index (χ4v) is 2.24. The van der Waals surface area contributed by atoms with E-state index in [1.807, 2.05) is 0 Å². The van der Waals surface area contributed by atoms with Crippen molar-refractivity contribution in [2.24, 2.45) is 5.73 Å². The van der Waals surface area contributed by atoms with E-state index in [-0.39, 0.29) is 6.10 Å². The smallest absolute Gasteiger partial charge is 0.0824 e. The van der Waals surface area contributed by atoms with Crippen molar-refractivity contribution in [3.8, 4) is 0 Å². The van der Waals surface area contributed by atoms with Gasteiger partial charge in [0.2, 0.25) is 0 Å². The first-order chi connectivity index (χ1) is 8.20. The molecule has 1 saturated heterocycles. The van der Waals surface area contributed by atoms with Gasteiger partial charge in [-0.2, -0.15) is 0 Å². The molecule has 2 atom stereocenters. The average molecular weight is 234 g/mol. The number of aryl methyl sites for hydroxylation is 1. The van der Waals surface area contributed by atoms with Crippen LogP contribution < -0.4 is 5.73 Å². The van der Waals surface area contributed by atoms with E-state index in [1.54, 1.807) is 0 Å². The Morgan fingerprint density at radius 2 is 2.18 bits per heavy atom. The predicted molar refractivity (Wildman–Crippen MR) is 69.8 cm³/mol. The summed E-state index contributed by atoms with van der Waals surface area (Å²) in [6.07, 6.45) is 0.190. The summed E-state index contributed by atoms with van der Waals surface area (Å²) in [5.74, 6) is 0. The second kappa shape index (κ2) is 5.63. The van der Waals surface area contributed by atoms with Crippen LogP contribution in [0.4, 0.5) is 0 Å². The van der Waals surface area contributed by atoms with Gasteiger partial charge in [0, 0.05) is 25.7 Å². The summed E-state index contributed by atoms with van der Waals surface area (Å²) in [5, 5.41) is 0. The highest BCUT2D eigenvalue weighted by Gasteiger charge is 2.25. The second-order valence-corrected chi connectivity index (χ2v) is 4.90. The first-order valence-corrected chi connectivity index (χ1v) is 6.31. The summed E-state index contributed by atoms with van der Waals surface area (Å²) in [4.78, 5) is 2.46. The lowest BCUT2D eigenvalue weighted by Gasteiger charge is -2.37. The van der Waals surface area contributed by atoms with E-state index in [4.69, 9.17) is 10.5 Å². The van der Waals surface area contributed by atoms with Crippen molar-refractivity contribution < 1.29 is 4.74 Å². The van der Waals surface area contributed by atoms with E-state index in [9.17, 15) is 0 Å². The van der Waals surface area contributed by atoms with Crippen LogP contribution in [0.3, 0.4) is 0 Å². The van der Waals surface area contributed by atoms with Crippen LogP contribution in [-0.2, 0) is 11.3 Å². The van der Waals surface area contributed by atoms with Gasteiger partial charge in [0.1, 0.15) is 0 Å². The molecule has 94 valence electrons. The molecule has 3 heteroatoms. The topological polar surface area (TPSA) is 38.5 Å². The molecule has 0 saturated carbocycles. The molecule has 3 nitrogen and oxygen atoms in total. The van der Waals surface area contributed by atoms with Crippen molar-refractivity contribution in [1.29, 1.82) is 0 Å². The average Bonchev–Trinajstić information content (AvgIpc) is 2.35. The van der Waals surface area contributed by atoms with E-state index in [0.29, 0.717) is 12.6 Å². The Kier molecular flexibility index (Phi) is 4.15. The van der Waals surface area contributed by atoms with Gasteiger partial charge >= 0.3 is 0 Å². The third-order valence-electron chi connectivity index (χ3n) is 3.53. The SMILES string of the molecule is Cc1ccccc1CN1CC(CN)OCC1C. The van der Waals surface area contributed by atoms with Crippen LogP contribution in [0.15, 0.2) is 24.3 Å². The molecule has 1 aromatic rings. The first-order valence-electron chi connectivity index (χ1n) is 6.31. The standard InChI is InChI=1S/C14H22N2O/c1-11-5-3-4-6-13(11)8-16-9-14(7-15)17-10-12(16)2/h3-6,12,14H,7-10,15H2,1-2H3. The van der Waals surface area contributed by atoms with Crippen molar-refractivity contribution in [3.63, 3.8) is 0 Å². The molecule has 1 aliphatic rings. The lowest BCUT2D eigenvalue weighted by Crippen LogP contribution is -2.50. The fourth-order valence-electron chi connectivity index (χ4n) is 2.24. The van der Waals surface area contributed by atoms with Gasteiger partial charge < -0.3 is 10.5 Å². The van der Waals surface area contributed by atoms with Gasteiger partial charge in [-0.25, -0.2) is 0 Å². The van der Waals surface area contributed by atoms with E-state index >= 15 is 0 Å². The molecule has 1 heterocycles. The number of ether oxygens (including phenoxy) is 1. The van der Waals surface area contributed by atoms with Gasteiger partial charge in [-0.05, 0) is 25.0 Å². The van der Waals surface area contributed by atoms with Crippen LogP contribution >= 0.6 is 0 Å². The summed E-state index contributed by atoms with van der Waals surface area (Å²) in [5.41, 5.74) is 8.44. The zero-order valence-electron chi connectivity index (χ0n) is 10.7. The van der Waals surface area contributed by atoms with Crippen molar-refractivity contribution in [2.75, 3.05) is 19.7 Å². The molecule has 2 unspecified atom stereocenters. The molecular weight excluding hydrogens is 212 g/mol. The summed E-state index contributed by atoms with van der Waals surface area (Å²) < 4.78 is 5.67. The van der Waals surface area contributed by atoms with E-state index < -0.39 is 0 Å². The molecule has 17 heavy (non-hydrogen) atoms. The van der Waals surface area contributed by atoms with E-state index in [1.165, 1.54) is 11.1 Å². The number of nitrogens with two attached hydrogens (primary N) is 1. The Labute approximate surface area is 104 Å². The minimum Gasteiger partial charge on any atom is -0.374 e. The predicted octanol–water partition coefficient (Wildman–Crippen LogP) is 1.54. The van der Waals surface area contributed by atoms with Crippen LogP contribution in [0, 0.1) is 6.92 Å². The quantitative estimate of drug-likeness (QED) is 0.862. The highest BCUT2D eigenvalue weighted by molar-refractivity contribution is 5.25. The molecule has 0 bridgehead atoms. The number of morpholine rings is 1. The summed E-state index contributed by atoms with van der Waals surface area (Å²) in [6.45, 7) is 7.70. The second-order valence-electron chi connectivity index (χ2n) is 4.90. The zero-order valence-corrected chi connectivity index (χ0v) is 10.7. The molecule has 0 radical (unpaired) electrons. The third kappa shape index (κ3) is 3.06. The highest BCUT2D eigenvalue weighted by Crippen LogP contribution is 2.17. The van der Waals surface area contributed by atoms with Crippen LogP contribution in [-0.4, -0.2) is 36.7 Å². The summed E-state index contributed by atoms with van der Waals surface area (Å²) in [6, 6.07) is 9.03. The van der Waals surface area contributed by atoms with Gasteiger partial charge in [-0.15, -0.1) is 0 Å². The third-order valence-corrected chi connectivity index (χ3v) is 3.53. The van der Waals surface area contributed by atoms with Gasteiger partial charge in [-0.3, -0.25) is 4.90 Å². The van der Waals surface area contributed by atoms with Crippen molar-refractivity contribution in [2.45, 2.75) is 32.5 Å². The molecule has 1 aromatic carbocycles. The molecule has 2 rings (SSSR count). The molecule has 0 amide bonds. The van der Waals surface area contributed by atoms with Crippen LogP contribution in [0.5, 0.6) is 0 Å². The van der Waals surface area contributed by atoms with Crippen LogP contribution in [0.1, 0.15) is 18.1 Å². The van der Waals surface area contributed by atoms with E-state index in [2.05, 4.69) is 43.0 Å².